The summed E-state index contributed by atoms with van der Waals surface area (Å²) in [5, 5.41) is 14.6. The number of nitrogens with zero attached hydrogens (tertiary/aromatic N) is 1. The van der Waals surface area contributed by atoms with Gasteiger partial charge in [0.1, 0.15) is 29.6 Å². The molecule has 0 spiro atoms. The quantitative estimate of drug-likeness (QED) is 0.188. The molecule has 0 atom stereocenters. The number of non-ortho nitro benzene ring substituents is 1. The highest BCUT2D eigenvalue weighted by Gasteiger charge is 2.17. The molecule has 4 aromatic rings. The Hall–Kier alpha value is -4.30. The van der Waals surface area contributed by atoms with Crippen LogP contribution in [0.15, 0.2) is 83.3 Å². The van der Waals surface area contributed by atoms with Crippen LogP contribution in [-0.4, -0.2) is 10.8 Å². The first-order chi connectivity index (χ1) is 17.6. The lowest BCUT2D eigenvalue weighted by molar-refractivity contribution is -0.384. The fourth-order valence-corrected chi connectivity index (χ4v) is 3.56. The summed E-state index contributed by atoms with van der Waals surface area (Å²) in [5.41, 5.74) is 1.17. The molecule has 0 saturated heterocycles. The Morgan fingerprint density at radius 2 is 1.62 bits per heavy atom. The van der Waals surface area contributed by atoms with Crippen molar-refractivity contribution in [2.75, 3.05) is 5.32 Å². The molecular weight excluding hydrogens is 496 g/mol. The van der Waals surface area contributed by atoms with Gasteiger partial charge in [0.25, 0.3) is 11.6 Å². The maximum absolute atomic E-state index is 12.8. The first-order valence-electron chi connectivity index (χ1n) is 11.4. The van der Waals surface area contributed by atoms with Crippen LogP contribution in [0, 0.1) is 10.1 Å². The molecule has 8 nitrogen and oxygen atoms in total. The zero-order valence-electron chi connectivity index (χ0n) is 20.5. The minimum Gasteiger partial charge on any atom is -0.486 e. The van der Waals surface area contributed by atoms with Crippen molar-refractivity contribution in [2.24, 2.45) is 0 Å². The van der Waals surface area contributed by atoms with Gasteiger partial charge in [0.05, 0.1) is 16.7 Å². The zero-order chi connectivity index (χ0) is 26.6. The SMILES string of the molecule is CC(C)(C)c1ccc(OCc2ccc(C(=O)Nc3cc(Oc4ccc(Cl)cc4)cc([N+](=O)[O-])c3)o2)cc1. The predicted octanol–water partition coefficient (Wildman–Crippen LogP) is 7.76. The number of benzene rings is 3. The van der Waals surface area contributed by atoms with Crippen molar-refractivity contribution in [1.29, 1.82) is 0 Å². The lowest BCUT2D eigenvalue weighted by atomic mass is 9.87. The van der Waals surface area contributed by atoms with Crippen molar-refractivity contribution >= 4 is 28.9 Å². The van der Waals surface area contributed by atoms with E-state index in [-0.39, 0.29) is 34.9 Å². The molecule has 0 radical (unpaired) electrons. The first kappa shape index (κ1) is 25.8. The molecule has 0 aliphatic carbocycles. The summed E-state index contributed by atoms with van der Waals surface area (Å²) in [7, 11) is 0. The molecule has 0 fully saturated rings. The van der Waals surface area contributed by atoms with Crippen LogP contribution in [0.5, 0.6) is 17.2 Å². The van der Waals surface area contributed by atoms with Gasteiger partial charge in [0, 0.05) is 17.2 Å². The molecule has 0 saturated carbocycles. The smallest absolute Gasteiger partial charge is 0.291 e. The van der Waals surface area contributed by atoms with Crippen molar-refractivity contribution < 1.29 is 23.6 Å². The van der Waals surface area contributed by atoms with Crippen LogP contribution in [0.3, 0.4) is 0 Å². The summed E-state index contributed by atoms with van der Waals surface area (Å²) in [5.74, 6) is 1.21. The average Bonchev–Trinajstić information content (AvgIpc) is 3.33. The van der Waals surface area contributed by atoms with Gasteiger partial charge < -0.3 is 19.2 Å². The highest BCUT2D eigenvalue weighted by Crippen LogP contribution is 2.31. The van der Waals surface area contributed by atoms with E-state index in [0.29, 0.717) is 22.3 Å². The van der Waals surface area contributed by atoms with Gasteiger partial charge in [-0.05, 0) is 59.5 Å². The number of furan rings is 1. The number of rotatable bonds is 8. The third-order valence-corrected chi connectivity index (χ3v) is 5.65. The summed E-state index contributed by atoms with van der Waals surface area (Å²) in [6, 6.07) is 21.5. The third kappa shape index (κ3) is 6.89. The van der Waals surface area contributed by atoms with Crippen molar-refractivity contribution in [2.45, 2.75) is 32.8 Å². The molecule has 0 aliphatic heterocycles. The van der Waals surface area contributed by atoms with E-state index in [9.17, 15) is 14.9 Å². The van der Waals surface area contributed by atoms with Crippen molar-refractivity contribution in [3.05, 3.63) is 111 Å². The Labute approximate surface area is 218 Å². The number of anilines is 1. The van der Waals surface area contributed by atoms with Crippen molar-refractivity contribution in [1.82, 2.24) is 0 Å². The molecular formula is C28H25ClN2O6. The van der Waals surface area contributed by atoms with Crippen LogP contribution in [0.1, 0.15) is 42.6 Å². The maximum Gasteiger partial charge on any atom is 0.291 e. The number of nitro benzene ring substituents is 1. The third-order valence-electron chi connectivity index (χ3n) is 5.40. The van der Waals surface area contributed by atoms with Gasteiger partial charge in [0.15, 0.2) is 5.76 Å². The molecule has 0 unspecified atom stereocenters. The van der Waals surface area contributed by atoms with Crippen LogP contribution in [0.2, 0.25) is 5.02 Å². The highest BCUT2D eigenvalue weighted by atomic mass is 35.5. The van der Waals surface area contributed by atoms with Crippen molar-refractivity contribution in [3.63, 3.8) is 0 Å². The normalized spacial score (nSPS) is 11.1. The zero-order valence-corrected chi connectivity index (χ0v) is 21.2. The van der Waals surface area contributed by atoms with E-state index in [1.807, 2.05) is 24.3 Å². The van der Waals surface area contributed by atoms with E-state index >= 15 is 0 Å². The number of carbonyl (C=O) groups is 1. The Morgan fingerprint density at radius 3 is 2.27 bits per heavy atom. The second-order valence-electron chi connectivity index (χ2n) is 9.31. The molecule has 0 aliphatic rings. The molecule has 190 valence electrons. The van der Waals surface area contributed by atoms with Gasteiger partial charge in [-0.15, -0.1) is 0 Å². The molecule has 9 heteroatoms. The fourth-order valence-electron chi connectivity index (χ4n) is 3.43. The van der Waals surface area contributed by atoms with Gasteiger partial charge in [-0.2, -0.15) is 0 Å². The van der Waals surface area contributed by atoms with Crippen LogP contribution >= 0.6 is 11.6 Å². The number of nitro groups is 1. The number of amides is 1. The van der Waals surface area contributed by atoms with Gasteiger partial charge in [-0.1, -0.05) is 44.5 Å². The standard InChI is InChI=1S/C28H25ClN2O6/c1-28(2,3)18-4-8-22(9-5-18)35-17-24-12-13-26(37-24)27(32)30-20-14-21(31(33)34)16-25(15-20)36-23-10-6-19(29)7-11-23/h4-16H,17H2,1-3H3,(H,30,32). The number of carbonyl (C=O) groups excluding carboxylic acids is 1. The van der Waals surface area contributed by atoms with E-state index in [1.165, 1.54) is 29.8 Å². The Bertz CT molecular complexity index is 1410. The minimum absolute atomic E-state index is 0.0355. The molecule has 1 aromatic heterocycles. The summed E-state index contributed by atoms with van der Waals surface area (Å²) in [6.45, 7) is 6.55. The lowest BCUT2D eigenvalue weighted by Crippen LogP contribution is -2.11. The van der Waals surface area contributed by atoms with Crippen molar-refractivity contribution in [3.8, 4) is 17.2 Å². The first-order valence-corrected chi connectivity index (χ1v) is 11.8. The topological polar surface area (TPSA) is 104 Å². The van der Waals surface area contributed by atoms with Gasteiger partial charge in [0.2, 0.25) is 0 Å². The van der Waals surface area contributed by atoms with Crippen LogP contribution in [-0.2, 0) is 12.0 Å². The van der Waals surface area contributed by atoms with Gasteiger partial charge in [-0.3, -0.25) is 14.9 Å². The Balaban J connectivity index is 1.42. The summed E-state index contributed by atoms with van der Waals surface area (Å²) in [6.07, 6.45) is 0. The average molecular weight is 521 g/mol. The maximum atomic E-state index is 12.8. The number of hydrogen-bond acceptors (Lipinski definition) is 6. The molecule has 1 amide bonds. The number of hydrogen-bond donors (Lipinski definition) is 1. The molecule has 3 aromatic carbocycles. The minimum atomic E-state index is -0.571. The number of ether oxygens (including phenoxy) is 2. The Morgan fingerprint density at radius 1 is 0.946 bits per heavy atom. The summed E-state index contributed by atoms with van der Waals surface area (Å²) >= 11 is 5.89. The van der Waals surface area contributed by atoms with E-state index < -0.39 is 10.8 Å². The van der Waals surface area contributed by atoms with E-state index in [2.05, 4.69) is 26.1 Å². The Kier molecular flexibility index (Phi) is 7.50. The molecule has 1 heterocycles. The lowest BCUT2D eigenvalue weighted by Gasteiger charge is -2.19. The second-order valence-corrected chi connectivity index (χ2v) is 9.75. The number of nitrogens with one attached hydrogen (secondary N) is 1. The van der Waals surface area contributed by atoms with Gasteiger partial charge in [-0.25, -0.2) is 0 Å². The molecule has 4 rings (SSSR count). The molecule has 1 N–H and O–H groups in total. The van der Waals surface area contributed by atoms with Gasteiger partial charge >= 0.3 is 0 Å². The predicted molar refractivity (Wildman–Crippen MR) is 141 cm³/mol. The molecule has 0 bridgehead atoms. The van der Waals surface area contributed by atoms with E-state index in [1.54, 1.807) is 30.3 Å². The highest BCUT2D eigenvalue weighted by molar-refractivity contribution is 6.30. The second kappa shape index (κ2) is 10.8. The van der Waals surface area contributed by atoms with E-state index in [0.717, 1.165) is 0 Å². The largest absolute Gasteiger partial charge is 0.486 e. The fraction of sp³-hybridized carbons (Fsp3) is 0.179. The summed E-state index contributed by atoms with van der Waals surface area (Å²) in [4.78, 5) is 23.6. The number of halogens is 1. The van der Waals surface area contributed by atoms with E-state index in [4.69, 9.17) is 25.5 Å². The summed E-state index contributed by atoms with van der Waals surface area (Å²) < 4.78 is 17.1. The van der Waals surface area contributed by atoms with Crippen LogP contribution in [0.25, 0.3) is 0 Å². The monoisotopic (exact) mass is 520 g/mol. The van der Waals surface area contributed by atoms with Crippen LogP contribution < -0.4 is 14.8 Å². The van der Waals surface area contributed by atoms with Crippen LogP contribution in [0.4, 0.5) is 11.4 Å². The molecule has 37 heavy (non-hydrogen) atoms.